The number of aromatic hydroxyl groups is 1. The first-order valence-corrected chi connectivity index (χ1v) is 12.1. The lowest BCUT2D eigenvalue weighted by Crippen LogP contribution is -2.42. The molecule has 3 N–H and O–H groups in total. The fourth-order valence-electron chi connectivity index (χ4n) is 4.63. The third-order valence-electron chi connectivity index (χ3n) is 6.36. The van der Waals surface area contributed by atoms with Crippen LogP contribution in [0.3, 0.4) is 0 Å². The number of fused-ring (bicyclic) bond motifs is 1. The van der Waals surface area contributed by atoms with Gasteiger partial charge in [0, 0.05) is 5.39 Å². The normalized spacial score (nSPS) is 14.6. The minimum atomic E-state index is -0.315. The molecule has 4 aromatic rings. The summed E-state index contributed by atoms with van der Waals surface area (Å²) in [6.45, 7) is 0. The van der Waals surface area contributed by atoms with Gasteiger partial charge < -0.3 is 24.6 Å². The van der Waals surface area contributed by atoms with E-state index in [-0.39, 0.29) is 11.8 Å². The van der Waals surface area contributed by atoms with Crippen molar-refractivity contribution < 1.29 is 19.3 Å². The number of rotatable bonds is 6. The van der Waals surface area contributed by atoms with Crippen molar-refractivity contribution in [1.29, 1.82) is 0 Å². The summed E-state index contributed by atoms with van der Waals surface area (Å²) >= 11 is 5.89. The van der Waals surface area contributed by atoms with Crippen LogP contribution in [0.1, 0.15) is 17.2 Å². The second-order valence-corrected chi connectivity index (χ2v) is 8.78. The molecule has 0 aliphatic carbocycles. The van der Waals surface area contributed by atoms with Crippen LogP contribution in [0.25, 0.3) is 16.5 Å². The zero-order chi connectivity index (χ0) is 25.9. The Labute approximate surface area is 220 Å². The van der Waals surface area contributed by atoms with Gasteiger partial charge in [0.25, 0.3) is 0 Å². The van der Waals surface area contributed by atoms with Crippen LogP contribution in [-0.2, 0) is 0 Å². The molecule has 8 heteroatoms. The van der Waals surface area contributed by atoms with Gasteiger partial charge in [-0.15, -0.1) is 0 Å². The molecule has 188 valence electrons. The molecule has 0 aromatic heterocycles. The van der Waals surface area contributed by atoms with Crippen molar-refractivity contribution in [3.63, 3.8) is 0 Å². The minimum Gasteiger partial charge on any atom is -0.507 e. The van der Waals surface area contributed by atoms with E-state index in [1.807, 2.05) is 71.7 Å². The second kappa shape index (κ2) is 10.3. The predicted octanol–water partition coefficient (Wildman–Crippen LogP) is 5.87. The molecule has 0 saturated heterocycles. The van der Waals surface area contributed by atoms with Gasteiger partial charge in [-0.05, 0) is 59.6 Å². The lowest BCUT2D eigenvalue weighted by molar-refractivity contribution is 0.347. The Morgan fingerprint density at radius 2 is 1.49 bits per heavy atom. The number of hydrazine groups is 1. The van der Waals surface area contributed by atoms with Crippen molar-refractivity contribution in [1.82, 2.24) is 10.4 Å². The van der Waals surface area contributed by atoms with Crippen LogP contribution in [0.2, 0.25) is 0 Å². The van der Waals surface area contributed by atoms with E-state index in [0.717, 1.165) is 27.8 Å². The summed E-state index contributed by atoms with van der Waals surface area (Å²) in [6, 6.07) is 24.5. The average Bonchev–Trinajstić information content (AvgIpc) is 3.37. The molecule has 0 fully saturated rings. The molecule has 1 atom stereocenters. The minimum absolute atomic E-state index is 0.0990. The SMILES string of the molecule is COc1ccccc1NC(=S)N1NC(c2c(O)cccc2OC)=CC1c1ccc(OC)c2ccccc12. The van der Waals surface area contributed by atoms with Crippen molar-refractivity contribution in [3.05, 3.63) is 96.1 Å². The molecule has 0 spiro atoms. The number of phenols is 1. The molecule has 0 amide bonds. The maximum Gasteiger partial charge on any atom is 0.193 e. The van der Waals surface area contributed by atoms with E-state index in [1.54, 1.807) is 33.5 Å². The topological polar surface area (TPSA) is 75.2 Å². The summed E-state index contributed by atoms with van der Waals surface area (Å²) in [5, 5.41) is 18.4. The van der Waals surface area contributed by atoms with Gasteiger partial charge in [-0.2, -0.15) is 0 Å². The van der Waals surface area contributed by atoms with E-state index in [0.29, 0.717) is 27.9 Å². The van der Waals surface area contributed by atoms with Crippen LogP contribution < -0.4 is 25.0 Å². The van der Waals surface area contributed by atoms with Crippen LogP contribution in [0.15, 0.2) is 84.9 Å². The van der Waals surface area contributed by atoms with E-state index in [4.69, 9.17) is 26.4 Å². The largest absolute Gasteiger partial charge is 0.507 e. The summed E-state index contributed by atoms with van der Waals surface area (Å²) < 4.78 is 16.7. The average molecular weight is 514 g/mol. The number of benzene rings is 4. The Bertz CT molecular complexity index is 1500. The monoisotopic (exact) mass is 513 g/mol. The Morgan fingerprint density at radius 3 is 2.24 bits per heavy atom. The number of ether oxygens (including phenoxy) is 3. The highest BCUT2D eigenvalue weighted by Gasteiger charge is 2.32. The summed E-state index contributed by atoms with van der Waals surface area (Å²) in [5.74, 6) is 2.11. The number of methoxy groups -OCH3 is 3. The fraction of sp³-hybridized carbons (Fsp3) is 0.138. The molecule has 1 aliphatic rings. The Kier molecular flexibility index (Phi) is 6.74. The molecular formula is C29H27N3O4S. The van der Waals surface area contributed by atoms with E-state index in [9.17, 15) is 5.11 Å². The van der Waals surface area contributed by atoms with Crippen LogP contribution in [-0.4, -0.2) is 36.6 Å². The van der Waals surface area contributed by atoms with E-state index in [2.05, 4.69) is 16.8 Å². The van der Waals surface area contributed by atoms with Gasteiger partial charge in [-0.3, -0.25) is 10.4 Å². The molecule has 0 bridgehead atoms. The van der Waals surface area contributed by atoms with Crippen LogP contribution in [0, 0.1) is 0 Å². The molecule has 0 radical (unpaired) electrons. The van der Waals surface area contributed by atoms with Crippen molar-refractivity contribution in [3.8, 4) is 23.0 Å². The van der Waals surface area contributed by atoms with Gasteiger partial charge in [-0.25, -0.2) is 0 Å². The smallest absolute Gasteiger partial charge is 0.193 e. The van der Waals surface area contributed by atoms with Gasteiger partial charge >= 0.3 is 0 Å². The first-order chi connectivity index (χ1) is 18.0. The Hall–Kier alpha value is -4.43. The lowest BCUT2D eigenvalue weighted by atomic mass is 9.97. The number of anilines is 1. The standard InChI is InChI=1S/C29H27N3O4S/c1-34-25-16-15-19(18-9-4-5-10-20(18)25)23-17-22(28-24(33)12-8-14-27(28)36-3)31-32(23)29(37)30-21-11-6-7-13-26(21)35-2/h4-17,23,31,33H,1-3H3,(H,30,37). The summed E-state index contributed by atoms with van der Waals surface area (Å²) in [5.41, 5.74) is 6.37. The van der Waals surface area contributed by atoms with Crippen molar-refractivity contribution >= 4 is 39.5 Å². The van der Waals surface area contributed by atoms with Crippen molar-refractivity contribution in [2.45, 2.75) is 6.04 Å². The fourth-order valence-corrected chi connectivity index (χ4v) is 4.90. The number of hydrogen-bond donors (Lipinski definition) is 3. The van der Waals surface area contributed by atoms with Crippen molar-refractivity contribution in [2.24, 2.45) is 0 Å². The first kappa shape index (κ1) is 24.3. The van der Waals surface area contributed by atoms with Gasteiger partial charge in [-0.1, -0.05) is 48.5 Å². The molecular weight excluding hydrogens is 486 g/mol. The summed E-state index contributed by atoms with van der Waals surface area (Å²) in [4.78, 5) is 0. The predicted molar refractivity (Wildman–Crippen MR) is 150 cm³/mol. The lowest BCUT2D eigenvalue weighted by Gasteiger charge is -2.29. The van der Waals surface area contributed by atoms with Gasteiger partial charge in [0.1, 0.15) is 23.0 Å². The number of thiocarbonyl (C=S) groups is 1. The molecule has 4 aromatic carbocycles. The van der Waals surface area contributed by atoms with Gasteiger partial charge in [0.2, 0.25) is 0 Å². The molecule has 1 aliphatic heterocycles. The summed E-state index contributed by atoms with van der Waals surface area (Å²) in [7, 11) is 4.86. The van der Waals surface area contributed by atoms with E-state index in [1.165, 1.54) is 0 Å². The van der Waals surface area contributed by atoms with Crippen LogP contribution in [0.5, 0.6) is 23.0 Å². The number of phenolic OH excluding ortho intramolecular Hbond substituents is 1. The highest BCUT2D eigenvalue weighted by molar-refractivity contribution is 7.80. The highest BCUT2D eigenvalue weighted by atomic mass is 32.1. The first-order valence-electron chi connectivity index (χ1n) is 11.7. The second-order valence-electron chi connectivity index (χ2n) is 8.39. The third-order valence-corrected chi connectivity index (χ3v) is 6.66. The molecule has 5 rings (SSSR count). The van der Waals surface area contributed by atoms with Gasteiger partial charge in [0.15, 0.2) is 5.11 Å². The number of nitrogens with zero attached hydrogens (tertiary/aromatic N) is 1. The summed E-state index contributed by atoms with van der Waals surface area (Å²) in [6.07, 6.45) is 2.03. The molecule has 1 unspecified atom stereocenters. The zero-order valence-corrected chi connectivity index (χ0v) is 21.5. The maximum absolute atomic E-state index is 10.7. The molecule has 0 saturated carbocycles. The Balaban J connectivity index is 1.63. The number of para-hydroxylation sites is 2. The third kappa shape index (κ3) is 4.47. The number of hydrogen-bond acceptors (Lipinski definition) is 6. The molecule has 7 nitrogen and oxygen atoms in total. The van der Waals surface area contributed by atoms with Crippen molar-refractivity contribution in [2.75, 3.05) is 26.6 Å². The van der Waals surface area contributed by atoms with E-state index < -0.39 is 0 Å². The van der Waals surface area contributed by atoms with Crippen LogP contribution >= 0.6 is 12.2 Å². The molecule has 1 heterocycles. The molecule has 37 heavy (non-hydrogen) atoms. The quantitative estimate of drug-likeness (QED) is 0.277. The highest BCUT2D eigenvalue weighted by Crippen LogP contribution is 2.42. The van der Waals surface area contributed by atoms with E-state index >= 15 is 0 Å². The van der Waals surface area contributed by atoms with Gasteiger partial charge in [0.05, 0.1) is 44.3 Å². The van der Waals surface area contributed by atoms with Crippen LogP contribution in [0.4, 0.5) is 5.69 Å². The zero-order valence-electron chi connectivity index (χ0n) is 20.7. The Morgan fingerprint density at radius 1 is 0.811 bits per heavy atom. The number of nitrogens with one attached hydrogen (secondary N) is 2. The maximum atomic E-state index is 10.7.